The summed E-state index contributed by atoms with van der Waals surface area (Å²) in [6, 6.07) is 8.44. The highest BCUT2D eigenvalue weighted by Crippen LogP contribution is 2.33. The maximum Gasteiger partial charge on any atom is 0.333 e. The van der Waals surface area contributed by atoms with E-state index in [-0.39, 0.29) is 5.92 Å². The van der Waals surface area contributed by atoms with Crippen molar-refractivity contribution in [2.24, 2.45) is 13.0 Å². The highest BCUT2D eigenvalue weighted by atomic mass is 16.5. The summed E-state index contributed by atoms with van der Waals surface area (Å²) in [6.45, 7) is 5.22. The summed E-state index contributed by atoms with van der Waals surface area (Å²) in [6.07, 6.45) is 3.36. The number of fused-ring (bicyclic) bond motifs is 3. The van der Waals surface area contributed by atoms with Crippen LogP contribution in [0.25, 0.3) is 11.2 Å². The number of esters is 1. The summed E-state index contributed by atoms with van der Waals surface area (Å²) >= 11 is 0. The number of ether oxygens (including phenoxy) is 1. The first kappa shape index (κ1) is 21.9. The van der Waals surface area contributed by atoms with Gasteiger partial charge in [0.25, 0.3) is 5.56 Å². The SMILES string of the molecule is CCCCc1ccc(N2CC(C)Cn3c2nc2c3c(=O)n(CC(=O)OC)c(=O)n2C)cc1. The molecule has 1 aliphatic rings. The number of carbonyl (C=O) groups excluding carboxylic acids is 1. The van der Waals surface area contributed by atoms with E-state index in [9.17, 15) is 14.4 Å². The zero-order chi connectivity index (χ0) is 23.0. The number of carbonyl (C=O) groups is 1. The van der Waals surface area contributed by atoms with Gasteiger partial charge < -0.3 is 14.2 Å². The highest BCUT2D eigenvalue weighted by molar-refractivity contribution is 5.77. The molecule has 0 bridgehead atoms. The van der Waals surface area contributed by atoms with E-state index in [1.165, 1.54) is 17.2 Å². The molecule has 9 nitrogen and oxygen atoms in total. The number of anilines is 2. The minimum absolute atomic E-state index is 0.255. The van der Waals surface area contributed by atoms with E-state index in [0.717, 1.165) is 36.1 Å². The molecule has 9 heteroatoms. The van der Waals surface area contributed by atoms with Crippen LogP contribution in [0.5, 0.6) is 0 Å². The molecule has 3 aromatic rings. The lowest BCUT2D eigenvalue weighted by Crippen LogP contribution is -2.42. The Hall–Kier alpha value is -3.36. The Kier molecular flexibility index (Phi) is 5.90. The van der Waals surface area contributed by atoms with Gasteiger partial charge in [-0.25, -0.2) is 9.36 Å². The Morgan fingerprint density at radius 3 is 2.56 bits per heavy atom. The minimum Gasteiger partial charge on any atom is -0.468 e. The molecular weight excluding hydrogens is 410 g/mol. The van der Waals surface area contributed by atoms with Gasteiger partial charge in [0.15, 0.2) is 11.2 Å². The molecule has 4 rings (SSSR count). The van der Waals surface area contributed by atoms with Gasteiger partial charge in [0, 0.05) is 25.8 Å². The second-order valence-electron chi connectivity index (χ2n) is 8.49. The van der Waals surface area contributed by atoms with Crippen LogP contribution in [0.1, 0.15) is 32.3 Å². The van der Waals surface area contributed by atoms with Crippen molar-refractivity contribution in [2.45, 2.75) is 46.2 Å². The molecule has 0 N–H and O–H groups in total. The fourth-order valence-electron chi connectivity index (χ4n) is 4.28. The van der Waals surface area contributed by atoms with Crippen molar-refractivity contribution < 1.29 is 9.53 Å². The second-order valence-corrected chi connectivity index (χ2v) is 8.49. The molecule has 3 heterocycles. The van der Waals surface area contributed by atoms with Gasteiger partial charge in [-0.3, -0.25) is 14.2 Å². The van der Waals surface area contributed by atoms with E-state index in [0.29, 0.717) is 23.7 Å². The number of aryl methyl sites for hydroxylation is 2. The summed E-state index contributed by atoms with van der Waals surface area (Å²) in [4.78, 5) is 44.6. The normalized spacial score (nSPS) is 15.8. The molecular formula is C23H29N5O4. The molecule has 170 valence electrons. The molecule has 0 saturated heterocycles. The Labute approximate surface area is 185 Å². The Balaban J connectivity index is 1.85. The van der Waals surface area contributed by atoms with Crippen LogP contribution in [-0.2, 0) is 36.1 Å². The first-order valence-corrected chi connectivity index (χ1v) is 11.0. The quantitative estimate of drug-likeness (QED) is 0.547. The number of hydrogen-bond donors (Lipinski definition) is 0. The van der Waals surface area contributed by atoms with Crippen molar-refractivity contribution in [1.29, 1.82) is 0 Å². The van der Waals surface area contributed by atoms with Gasteiger partial charge in [0.05, 0.1) is 7.11 Å². The molecule has 0 amide bonds. The lowest BCUT2D eigenvalue weighted by Gasteiger charge is -2.33. The van der Waals surface area contributed by atoms with Gasteiger partial charge in [-0.2, -0.15) is 4.98 Å². The summed E-state index contributed by atoms with van der Waals surface area (Å²) in [5.74, 6) is 0.229. The average Bonchev–Trinajstić information content (AvgIpc) is 3.18. The number of rotatable bonds is 6. The summed E-state index contributed by atoms with van der Waals surface area (Å²) in [5, 5.41) is 0. The van der Waals surface area contributed by atoms with E-state index in [2.05, 4.69) is 47.7 Å². The third-order valence-electron chi connectivity index (χ3n) is 6.02. The first-order chi connectivity index (χ1) is 15.3. The van der Waals surface area contributed by atoms with Crippen LogP contribution in [-0.4, -0.2) is 38.3 Å². The predicted octanol–water partition coefficient (Wildman–Crippen LogP) is 2.20. The van der Waals surface area contributed by atoms with Crippen molar-refractivity contribution in [3.63, 3.8) is 0 Å². The molecule has 1 atom stereocenters. The Morgan fingerprint density at radius 1 is 1.19 bits per heavy atom. The van der Waals surface area contributed by atoms with Crippen molar-refractivity contribution >= 4 is 28.8 Å². The van der Waals surface area contributed by atoms with Gasteiger partial charge in [-0.1, -0.05) is 32.4 Å². The van der Waals surface area contributed by atoms with E-state index in [4.69, 9.17) is 4.98 Å². The van der Waals surface area contributed by atoms with Gasteiger partial charge in [0.1, 0.15) is 6.54 Å². The van der Waals surface area contributed by atoms with Crippen molar-refractivity contribution in [1.82, 2.24) is 18.7 Å². The monoisotopic (exact) mass is 439 g/mol. The first-order valence-electron chi connectivity index (χ1n) is 11.0. The summed E-state index contributed by atoms with van der Waals surface area (Å²) in [5.41, 5.74) is 1.80. The van der Waals surface area contributed by atoms with E-state index in [1.54, 1.807) is 7.05 Å². The largest absolute Gasteiger partial charge is 0.468 e. The smallest absolute Gasteiger partial charge is 0.333 e. The zero-order valence-corrected chi connectivity index (χ0v) is 19.0. The van der Waals surface area contributed by atoms with E-state index in [1.807, 2.05) is 4.57 Å². The van der Waals surface area contributed by atoms with E-state index >= 15 is 0 Å². The summed E-state index contributed by atoms with van der Waals surface area (Å²) in [7, 11) is 2.79. The van der Waals surface area contributed by atoms with Gasteiger partial charge >= 0.3 is 11.7 Å². The van der Waals surface area contributed by atoms with Crippen LogP contribution in [0.4, 0.5) is 11.6 Å². The number of methoxy groups -OCH3 is 1. The van der Waals surface area contributed by atoms with Gasteiger partial charge in [-0.15, -0.1) is 0 Å². The third-order valence-corrected chi connectivity index (χ3v) is 6.02. The van der Waals surface area contributed by atoms with Crippen molar-refractivity contribution in [2.75, 3.05) is 18.6 Å². The van der Waals surface area contributed by atoms with Gasteiger partial charge in [0.2, 0.25) is 5.95 Å². The zero-order valence-electron chi connectivity index (χ0n) is 19.0. The number of benzene rings is 1. The van der Waals surface area contributed by atoms with Crippen molar-refractivity contribution in [3.05, 3.63) is 50.7 Å². The minimum atomic E-state index is -0.653. The van der Waals surface area contributed by atoms with Crippen LogP contribution < -0.4 is 16.1 Å². The fourth-order valence-corrected chi connectivity index (χ4v) is 4.28. The molecule has 0 spiro atoms. The van der Waals surface area contributed by atoms with Crippen molar-refractivity contribution in [3.8, 4) is 0 Å². The molecule has 0 saturated carbocycles. The fraction of sp³-hybridized carbons (Fsp3) is 0.478. The number of nitrogens with zero attached hydrogens (tertiary/aromatic N) is 5. The molecule has 32 heavy (non-hydrogen) atoms. The molecule has 0 aliphatic carbocycles. The molecule has 1 aromatic carbocycles. The number of imidazole rings is 1. The van der Waals surface area contributed by atoms with Crippen LogP contribution in [0.15, 0.2) is 33.9 Å². The molecule has 1 aliphatic heterocycles. The lowest BCUT2D eigenvalue weighted by atomic mass is 10.1. The topological polar surface area (TPSA) is 91.4 Å². The van der Waals surface area contributed by atoms with E-state index < -0.39 is 23.8 Å². The van der Waals surface area contributed by atoms with Crippen LogP contribution in [0.2, 0.25) is 0 Å². The molecule has 0 radical (unpaired) electrons. The summed E-state index contributed by atoms with van der Waals surface area (Å²) < 4.78 is 8.76. The second kappa shape index (κ2) is 8.64. The van der Waals surface area contributed by atoms with Crippen LogP contribution in [0, 0.1) is 5.92 Å². The average molecular weight is 440 g/mol. The third kappa shape index (κ3) is 3.72. The van der Waals surface area contributed by atoms with Crippen LogP contribution >= 0.6 is 0 Å². The molecule has 1 unspecified atom stereocenters. The lowest BCUT2D eigenvalue weighted by molar-refractivity contribution is -0.141. The maximum atomic E-state index is 13.2. The van der Waals surface area contributed by atoms with Gasteiger partial charge in [-0.05, 0) is 36.5 Å². The predicted molar refractivity (Wildman–Crippen MR) is 122 cm³/mol. The highest BCUT2D eigenvalue weighted by Gasteiger charge is 2.30. The van der Waals surface area contributed by atoms with Crippen LogP contribution in [0.3, 0.4) is 0 Å². The maximum absolute atomic E-state index is 13.2. The Bertz CT molecular complexity index is 1270. The standard InChI is InChI=1S/C23H29N5O4/c1-5-6-7-16-8-10-17(11-9-16)26-12-15(2)13-27-19-20(24-22(26)27)25(3)23(31)28(21(19)30)14-18(29)32-4/h8-11,15H,5-7,12-14H2,1-4H3. The number of aromatic nitrogens is 4. The molecule has 2 aromatic heterocycles. The molecule has 0 fully saturated rings. The number of unbranched alkanes of at least 4 members (excludes halogenated alkanes) is 1. The number of hydrogen-bond acceptors (Lipinski definition) is 6. The Morgan fingerprint density at radius 2 is 1.91 bits per heavy atom.